The number of rotatable bonds is 20. The Balaban J connectivity index is 2.16. The molecule has 1 rings (SSSR count). The van der Waals surface area contributed by atoms with Gasteiger partial charge in [-0.25, -0.2) is 4.57 Å². The zero-order valence-corrected chi connectivity index (χ0v) is 24.9. The maximum absolute atomic E-state index is 12.1. The average Bonchev–Trinajstić information content (AvgIpc) is 2.96. The van der Waals surface area contributed by atoms with Crippen molar-refractivity contribution in [1.82, 2.24) is 0 Å². The van der Waals surface area contributed by atoms with Gasteiger partial charge in [-0.1, -0.05) is 67.7 Å². The van der Waals surface area contributed by atoms with Crippen LogP contribution in [0.25, 0.3) is 0 Å². The second-order valence-corrected chi connectivity index (χ2v) is 11.1. The molecule has 1 fully saturated rings. The van der Waals surface area contributed by atoms with Crippen LogP contribution < -0.4 is 0 Å². The highest BCUT2D eigenvalue weighted by Crippen LogP contribution is 2.47. The van der Waals surface area contributed by atoms with Crippen molar-refractivity contribution >= 4 is 13.8 Å². The summed E-state index contributed by atoms with van der Waals surface area (Å²) in [5, 5.41) is 58.5. The Bertz CT molecular complexity index is 931. The molecule has 1 aliphatic carbocycles. The fraction of sp³-hybridized carbons (Fsp3) is 0.621. The maximum Gasteiger partial charge on any atom is 0.472 e. The number of hydrogen-bond donors (Lipinski definition) is 7. The summed E-state index contributed by atoms with van der Waals surface area (Å²) in [6, 6.07) is 0. The fourth-order valence-electron chi connectivity index (χ4n) is 3.73. The third kappa shape index (κ3) is 16.0. The van der Waals surface area contributed by atoms with Crippen LogP contribution in [0.15, 0.2) is 60.8 Å². The van der Waals surface area contributed by atoms with Gasteiger partial charge in [0.1, 0.15) is 49.3 Å². The molecular weight excluding hydrogens is 571 g/mol. The zero-order valence-electron chi connectivity index (χ0n) is 24.0. The number of carbonyl (C=O) groups excluding carboxylic acids is 1. The summed E-state index contributed by atoms with van der Waals surface area (Å²) in [5.41, 5.74) is 0. The molecule has 0 aromatic heterocycles. The number of phosphoric ester groups is 1. The van der Waals surface area contributed by atoms with Gasteiger partial charge in [0.25, 0.3) is 0 Å². The number of aliphatic hydroxyl groups excluding tert-OH is 6. The summed E-state index contributed by atoms with van der Waals surface area (Å²) in [6.45, 7) is 0.802. The minimum absolute atomic E-state index is 0.109. The van der Waals surface area contributed by atoms with Gasteiger partial charge in [0.05, 0.1) is 6.61 Å². The number of esters is 1. The van der Waals surface area contributed by atoms with Gasteiger partial charge in [0, 0.05) is 6.42 Å². The first-order chi connectivity index (χ1) is 20.0. The predicted octanol–water partition coefficient (Wildman–Crippen LogP) is 2.13. The summed E-state index contributed by atoms with van der Waals surface area (Å²) in [6.07, 6.45) is 13.6. The van der Waals surface area contributed by atoms with Crippen molar-refractivity contribution in [3.8, 4) is 0 Å². The lowest BCUT2D eigenvalue weighted by molar-refractivity contribution is -0.220. The van der Waals surface area contributed by atoms with E-state index >= 15 is 0 Å². The molecule has 1 aliphatic rings. The van der Waals surface area contributed by atoms with Gasteiger partial charge in [0.15, 0.2) is 0 Å². The predicted molar refractivity (Wildman–Crippen MR) is 156 cm³/mol. The molecule has 0 radical (unpaired) electrons. The third-order valence-corrected chi connectivity index (χ3v) is 7.09. The van der Waals surface area contributed by atoms with Crippen LogP contribution in [0.1, 0.15) is 58.3 Å². The smallest absolute Gasteiger partial charge is 0.463 e. The van der Waals surface area contributed by atoms with E-state index < -0.39 is 69.7 Å². The van der Waals surface area contributed by atoms with Crippen molar-refractivity contribution in [3.63, 3.8) is 0 Å². The van der Waals surface area contributed by atoms with E-state index in [1.54, 1.807) is 0 Å². The van der Waals surface area contributed by atoms with Crippen LogP contribution in [0.2, 0.25) is 0 Å². The molecule has 1 saturated carbocycles. The Morgan fingerprint density at radius 2 is 1.19 bits per heavy atom. The minimum Gasteiger partial charge on any atom is -0.463 e. The summed E-state index contributed by atoms with van der Waals surface area (Å²) < 4.78 is 26.3. The number of carbonyl (C=O) groups is 1. The molecular formula is C29H47O12P. The van der Waals surface area contributed by atoms with E-state index in [1.165, 1.54) is 0 Å². The molecule has 0 heterocycles. The molecule has 240 valence electrons. The summed E-state index contributed by atoms with van der Waals surface area (Å²) in [4.78, 5) is 21.7. The normalized spacial score (nSPS) is 27.5. The quantitative estimate of drug-likeness (QED) is 0.0454. The van der Waals surface area contributed by atoms with E-state index in [0.717, 1.165) is 32.1 Å². The molecule has 6 unspecified atom stereocenters. The summed E-state index contributed by atoms with van der Waals surface area (Å²) >= 11 is 0. The van der Waals surface area contributed by atoms with Crippen molar-refractivity contribution in [2.45, 2.75) is 101 Å². The zero-order chi connectivity index (χ0) is 31.4. The highest BCUT2D eigenvalue weighted by Gasteiger charge is 2.51. The van der Waals surface area contributed by atoms with Gasteiger partial charge >= 0.3 is 13.8 Å². The molecule has 0 saturated heterocycles. The molecule has 0 bridgehead atoms. The van der Waals surface area contributed by atoms with Crippen molar-refractivity contribution in [2.75, 3.05) is 13.2 Å². The lowest BCUT2D eigenvalue weighted by Gasteiger charge is -2.41. The minimum atomic E-state index is -5.00. The van der Waals surface area contributed by atoms with Crippen LogP contribution >= 0.6 is 7.82 Å². The van der Waals surface area contributed by atoms with E-state index in [1.807, 2.05) is 12.2 Å². The Kier molecular flexibility index (Phi) is 19.7. The maximum atomic E-state index is 12.1. The number of phosphoric acid groups is 1. The molecule has 0 aromatic rings. The molecule has 0 aromatic carbocycles. The molecule has 12 nitrogen and oxygen atoms in total. The molecule has 6 atom stereocenters. The lowest BCUT2D eigenvalue weighted by Crippen LogP contribution is -2.64. The van der Waals surface area contributed by atoms with Crippen molar-refractivity contribution < 1.29 is 58.7 Å². The largest absolute Gasteiger partial charge is 0.472 e. The number of allylic oxidation sites excluding steroid dienone is 10. The monoisotopic (exact) mass is 618 g/mol. The Hall–Kier alpha value is -1.96. The van der Waals surface area contributed by atoms with Crippen molar-refractivity contribution in [2.24, 2.45) is 0 Å². The molecule has 42 heavy (non-hydrogen) atoms. The first kappa shape index (κ1) is 38.1. The van der Waals surface area contributed by atoms with Crippen LogP contribution in [0.5, 0.6) is 0 Å². The van der Waals surface area contributed by atoms with E-state index in [0.29, 0.717) is 12.8 Å². The van der Waals surface area contributed by atoms with Crippen LogP contribution in [-0.4, -0.2) is 97.4 Å². The third-order valence-electron chi connectivity index (χ3n) is 6.10. The van der Waals surface area contributed by atoms with Gasteiger partial charge in [-0.3, -0.25) is 13.8 Å². The highest BCUT2D eigenvalue weighted by atomic mass is 31.2. The number of ether oxygens (including phenoxy) is 1. The van der Waals surface area contributed by atoms with Gasteiger partial charge in [-0.2, -0.15) is 0 Å². The summed E-state index contributed by atoms with van der Waals surface area (Å²) in [5.74, 6) is -0.570. The van der Waals surface area contributed by atoms with Crippen LogP contribution in [0.4, 0.5) is 0 Å². The standard InChI is InChI=1S/C29H47O12P/c1-2-3-4-5-6-7-8-9-10-11-12-13-14-15-16-17-18-19-23(31)39-20-22(30)21-40-42(37,38)41-29-27(35)25(33)24(32)26(34)28(29)36/h3-4,6-7,9-10,12-13,15-16,22,24-30,32-36H,2,5,8,11,14,17-21H2,1H3,(H,37,38)/b4-3-,7-6-,10-9-,13-12-,16-15-. The molecule has 7 N–H and O–H groups in total. The average molecular weight is 619 g/mol. The van der Waals surface area contributed by atoms with Crippen molar-refractivity contribution in [3.05, 3.63) is 60.8 Å². The van der Waals surface area contributed by atoms with Gasteiger partial charge in [-0.15, -0.1) is 0 Å². The van der Waals surface area contributed by atoms with Crippen LogP contribution in [-0.2, 0) is 23.1 Å². The Labute approximate surface area is 247 Å². The van der Waals surface area contributed by atoms with E-state index in [-0.39, 0.29) is 6.42 Å². The van der Waals surface area contributed by atoms with Gasteiger partial charge in [-0.05, 0) is 44.9 Å². The van der Waals surface area contributed by atoms with Gasteiger partial charge in [0.2, 0.25) is 0 Å². The summed E-state index contributed by atoms with van der Waals surface area (Å²) in [7, 11) is -5.00. The van der Waals surface area contributed by atoms with Crippen LogP contribution in [0, 0.1) is 0 Å². The SMILES string of the molecule is CC/C=C\C/C=C\C/C=C\C/C=C\C/C=C\CCCC(=O)OCC(O)COP(=O)(O)OC1C(O)C(O)C(O)C(O)C1O. The van der Waals surface area contributed by atoms with Gasteiger partial charge < -0.3 is 40.3 Å². The second-order valence-electron chi connectivity index (χ2n) is 9.72. The lowest BCUT2D eigenvalue weighted by atomic mass is 9.85. The number of hydrogen-bond acceptors (Lipinski definition) is 11. The fourth-order valence-corrected chi connectivity index (χ4v) is 4.71. The molecule has 13 heteroatoms. The molecule has 0 aliphatic heterocycles. The first-order valence-corrected chi connectivity index (χ1v) is 15.6. The van der Waals surface area contributed by atoms with E-state index in [9.17, 15) is 44.9 Å². The second kappa shape index (κ2) is 21.7. The number of aliphatic hydroxyl groups is 6. The van der Waals surface area contributed by atoms with Crippen LogP contribution in [0.3, 0.4) is 0 Å². The molecule has 0 amide bonds. The van der Waals surface area contributed by atoms with E-state index in [4.69, 9.17) is 4.74 Å². The van der Waals surface area contributed by atoms with Crippen molar-refractivity contribution in [1.29, 1.82) is 0 Å². The first-order valence-electron chi connectivity index (χ1n) is 14.1. The van der Waals surface area contributed by atoms with E-state index in [2.05, 4.69) is 64.6 Å². The molecule has 0 spiro atoms. The highest BCUT2D eigenvalue weighted by molar-refractivity contribution is 7.47. The Morgan fingerprint density at radius 1 is 0.738 bits per heavy atom. The topological polar surface area (TPSA) is 203 Å². The number of unbranched alkanes of at least 4 members (excludes halogenated alkanes) is 1. The Morgan fingerprint density at radius 3 is 1.69 bits per heavy atom.